The van der Waals surface area contributed by atoms with Crippen LogP contribution in [-0.2, 0) is 6.42 Å². The van der Waals surface area contributed by atoms with E-state index in [-0.39, 0.29) is 0 Å². The highest BCUT2D eigenvalue weighted by molar-refractivity contribution is 7.16. The van der Waals surface area contributed by atoms with E-state index in [4.69, 9.17) is 17.3 Å². The van der Waals surface area contributed by atoms with Gasteiger partial charge >= 0.3 is 0 Å². The second kappa shape index (κ2) is 5.94. The maximum atomic E-state index is 6.09. The summed E-state index contributed by atoms with van der Waals surface area (Å²) in [7, 11) is 0. The first kappa shape index (κ1) is 14.4. The molecule has 2 rings (SSSR count). The molecule has 0 bridgehead atoms. The fourth-order valence-corrected chi connectivity index (χ4v) is 4.45. The predicted molar refractivity (Wildman–Crippen MR) is 81.3 cm³/mol. The number of hydrogen-bond donors (Lipinski definition) is 1. The predicted octanol–water partition coefficient (Wildman–Crippen LogP) is 4.74. The van der Waals surface area contributed by atoms with Gasteiger partial charge in [0.25, 0.3) is 0 Å². The van der Waals surface area contributed by atoms with Crippen molar-refractivity contribution in [3.8, 4) is 0 Å². The van der Waals surface area contributed by atoms with Gasteiger partial charge in [-0.15, -0.1) is 11.3 Å². The second-order valence-electron chi connectivity index (χ2n) is 6.17. The molecule has 2 N–H and O–H groups in total. The lowest BCUT2D eigenvalue weighted by molar-refractivity contribution is 0.133. The number of thiophene rings is 1. The minimum absolute atomic E-state index is 0.333. The smallest absolute Gasteiger partial charge is 0.0931 e. The van der Waals surface area contributed by atoms with Gasteiger partial charge in [0.1, 0.15) is 0 Å². The van der Waals surface area contributed by atoms with E-state index < -0.39 is 0 Å². The highest BCUT2D eigenvalue weighted by atomic mass is 35.5. The van der Waals surface area contributed by atoms with Crippen LogP contribution in [0.1, 0.15) is 44.4 Å². The molecule has 1 nitrogen and oxygen atoms in total. The molecule has 0 atom stereocenters. The molecular weight excluding hydrogens is 262 g/mol. The Bertz CT molecular complexity index is 378. The molecule has 1 aliphatic carbocycles. The van der Waals surface area contributed by atoms with Crippen molar-refractivity contribution >= 4 is 22.9 Å². The van der Waals surface area contributed by atoms with Crippen LogP contribution in [0.15, 0.2) is 12.1 Å². The molecule has 1 aliphatic rings. The van der Waals surface area contributed by atoms with Crippen LogP contribution in [0.2, 0.25) is 4.34 Å². The second-order valence-corrected chi connectivity index (χ2v) is 7.97. The zero-order valence-corrected chi connectivity index (χ0v) is 13.0. The number of hydrogen-bond acceptors (Lipinski definition) is 2. The van der Waals surface area contributed by atoms with E-state index in [0.717, 1.165) is 29.1 Å². The topological polar surface area (TPSA) is 26.0 Å². The summed E-state index contributed by atoms with van der Waals surface area (Å²) in [6.45, 7) is 5.51. The van der Waals surface area contributed by atoms with Crippen molar-refractivity contribution < 1.29 is 0 Å². The van der Waals surface area contributed by atoms with Gasteiger partial charge in [-0.3, -0.25) is 0 Å². The van der Waals surface area contributed by atoms with E-state index >= 15 is 0 Å². The fourth-order valence-electron chi connectivity index (χ4n) is 3.19. The van der Waals surface area contributed by atoms with Crippen molar-refractivity contribution in [3.63, 3.8) is 0 Å². The molecule has 1 aromatic rings. The number of halogens is 1. The third-order valence-electron chi connectivity index (χ3n) is 4.64. The van der Waals surface area contributed by atoms with Crippen molar-refractivity contribution in [1.29, 1.82) is 0 Å². The molecule has 0 amide bonds. The molecule has 0 saturated heterocycles. The maximum absolute atomic E-state index is 6.09. The monoisotopic (exact) mass is 285 g/mol. The summed E-state index contributed by atoms with van der Waals surface area (Å²) in [6.07, 6.45) is 6.36. The van der Waals surface area contributed by atoms with E-state index in [1.54, 1.807) is 11.3 Å². The Kier molecular flexibility index (Phi) is 4.74. The third-order valence-corrected chi connectivity index (χ3v) is 5.88. The normalized spacial score (nSPS) is 28.8. The van der Waals surface area contributed by atoms with E-state index in [1.807, 2.05) is 6.07 Å². The van der Waals surface area contributed by atoms with E-state index in [1.165, 1.54) is 30.6 Å². The quantitative estimate of drug-likeness (QED) is 0.850. The Hall–Kier alpha value is -0.0500. The molecule has 0 spiro atoms. The molecular formula is C15H24ClNS. The molecule has 1 heterocycles. The lowest BCUT2D eigenvalue weighted by Gasteiger charge is -2.40. The maximum Gasteiger partial charge on any atom is 0.0931 e. The highest BCUT2D eigenvalue weighted by Crippen LogP contribution is 2.43. The highest BCUT2D eigenvalue weighted by Gasteiger charge is 2.35. The first-order valence-electron chi connectivity index (χ1n) is 6.99. The zero-order valence-electron chi connectivity index (χ0n) is 11.4. The van der Waals surface area contributed by atoms with Gasteiger partial charge in [0.2, 0.25) is 0 Å². The van der Waals surface area contributed by atoms with Crippen LogP contribution in [0.5, 0.6) is 0 Å². The van der Waals surface area contributed by atoms with Crippen molar-refractivity contribution in [2.75, 3.05) is 6.54 Å². The van der Waals surface area contributed by atoms with Crippen LogP contribution in [0, 0.1) is 17.3 Å². The summed E-state index contributed by atoms with van der Waals surface area (Å²) >= 11 is 7.73. The zero-order chi connectivity index (χ0) is 13.2. The first-order chi connectivity index (χ1) is 8.54. The first-order valence-corrected chi connectivity index (χ1v) is 8.18. The minimum Gasteiger partial charge on any atom is -0.330 e. The summed E-state index contributed by atoms with van der Waals surface area (Å²) in [5.41, 5.74) is 6.42. The Morgan fingerprint density at radius 1 is 1.39 bits per heavy atom. The molecule has 0 radical (unpaired) electrons. The Labute approximate surface area is 120 Å². The largest absolute Gasteiger partial charge is 0.330 e. The van der Waals surface area contributed by atoms with Gasteiger partial charge in [0.05, 0.1) is 4.34 Å². The fraction of sp³-hybridized carbons (Fsp3) is 0.733. The molecule has 1 fully saturated rings. The molecule has 1 aromatic heterocycles. The Morgan fingerprint density at radius 2 is 2.06 bits per heavy atom. The lowest BCUT2D eigenvalue weighted by Crippen LogP contribution is -2.37. The number of rotatable bonds is 4. The van der Waals surface area contributed by atoms with Gasteiger partial charge in [-0.1, -0.05) is 25.4 Å². The summed E-state index contributed by atoms with van der Waals surface area (Å²) in [5, 5.41) is 0. The Morgan fingerprint density at radius 3 is 2.50 bits per heavy atom. The summed E-state index contributed by atoms with van der Waals surface area (Å²) < 4.78 is 0.896. The van der Waals surface area contributed by atoms with Crippen LogP contribution < -0.4 is 5.73 Å². The molecule has 0 aliphatic heterocycles. The standard InChI is InChI=1S/C15H24ClNS/c1-11(2)12-5-7-15(10-17,8-6-12)9-13-3-4-14(16)18-13/h3-4,11-12H,5-10,17H2,1-2H3. The van der Waals surface area contributed by atoms with Gasteiger partial charge in [-0.05, 0) is 68.0 Å². The van der Waals surface area contributed by atoms with Crippen molar-refractivity contribution in [3.05, 3.63) is 21.3 Å². The third kappa shape index (κ3) is 3.28. The van der Waals surface area contributed by atoms with E-state index in [2.05, 4.69) is 19.9 Å². The van der Waals surface area contributed by atoms with E-state index in [0.29, 0.717) is 5.41 Å². The summed E-state index contributed by atoms with van der Waals surface area (Å²) in [5.74, 6) is 1.72. The Balaban J connectivity index is 2.00. The van der Waals surface area contributed by atoms with Gasteiger partial charge in [-0.25, -0.2) is 0 Å². The van der Waals surface area contributed by atoms with Crippen LogP contribution in [0.25, 0.3) is 0 Å². The van der Waals surface area contributed by atoms with Crippen molar-refractivity contribution in [1.82, 2.24) is 0 Å². The average molecular weight is 286 g/mol. The summed E-state index contributed by atoms with van der Waals surface area (Å²) in [6, 6.07) is 4.17. The molecule has 0 aromatic carbocycles. The molecule has 1 saturated carbocycles. The van der Waals surface area contributed by atoms with Gasteiger partial charge in [-0.2, -0.15) is 0 Å². The van der Waals surface area contributed by atoms with Crippen molar-refractivity contribution in [2.24, 2.45) is 23.0 Å². The average Bonchev–Trinajstić information content (AvgIpc) is 2.75. The van der Waals surface area contributed by atoms with Crippen molar-refractivity contribution in [2.45, 2.75) is 46.0 Å². The lowest BCUT2D eigenvalue weighted by atomic mass is 9.66. The van der Waals surface area contributed by atoms with Crippen LogP contribution in [-0.4, -0.2) is 6.54 Å². The van der Waals surface area contributed by atoms with Crippen LogP contribution >= 0.6 is 22.9 Å². The number of nitrogens with two attached hydrogens (primary N) is 1. The molecule has 3 heteroatoms. The van der Waals surface area contributed by atoms with Gasteiger partial charge in [0.15, 0.2) is 0 Å². The molecule has 0 unspecified atom stereocenters. The summed E-state index contributed by atoms with van der Waals surface area (Å²) in [4.78, 5) is 1.40. The van der Waals surface area contributed by atoms with Crippen LogP contribution in [0.3, 0.4) is 0 Å². The molecule has 18 heavy (non-hydrogen) atoms. The van der Waals surface area contributed by atoms with Crippen LogP contribution in [0.4, 0.5) is 0 Å². The van der Waals surface area contributed by atoms with Gasteiger partial charge in [0, 0.05) is 4.88 Å². The molecule has 102 valence electrons. The van der Waals surface area contributed by atoms with Gasteiger partial charge < -0.3 is 5.73 Å². The van der Waals surface area contributed by atoms with E-state index in [9.17, 15) is 0 Å². The SMILES string of the molecule is CC(C)C1CCC(CN)(Cc2ccc(Cl)s2)CC1. The minimum atomic E-state index is 0.333.